The number of ether oxygens (including phenoxy) is 1. The summed E-state index contributed by atoms with van der Waals surface area (Å²) in [5, 5.41) is 0.620. The molecule has 1 rings (SSSR count). The zero-order valence-corrected chi connectivity index (χ0v) is 6.73. The van der Waals surface area contributed by atoms with Gasteiger partial charge in [0.25, 0.3) is 5.17 Å². The van der Waals surface area contributed by atoms with E-state index in [4.69, 9.17) is 17.0 Å². The highest BCUT2D eigenvalue weighted by Gasteiger charge is 2.29. The Labute approximate surface area is 60.8 Å². The second-order valence-corrected chi connectivity index (χ2v) is 2.79. The van der Waals surface area contributed by atoms with Crippen LogP contribution in [0.5, 0.6) is 0 Å². The van der Waals surface area contributed by atoms with E-state index < -0.39 is 0 Å². The van der Waals surface area contributed by atoms with Gasteiger partial charge in [0.2, 0.25) is 0 Å². The molecule has 0 N–H and O–H groups in total. The van der Waals surface area contributed by atoms with E-state index >= 15 is 0 Å². The van der Waals surface area contributed by atoms with E-state index in [1.165, 1.54) is 0 Å². The number of nitrogens with zero attached hydrogens (tertiary/aromatic N) is 1. The van der Waals surface area contributed by atoms with Crippen LogP contribution >= 0.6 is 12.2 Å². The molecule has 0 saturated carbocycles. The van der Waals surface area contributed by atoms with Gasteiger partial charge in [-0.2, -0.15) is 0 Å². The van der Waals surface area contributed by atoms with E-state index in [9.17, 15) is 0 Å². The molecule has 2 atom stereocenters. The Kier molecular flexibility index (Phi) is 1.62. The Balaban J connectivity index is 2.65. The third-order valence-electron chi connectivity index (χ3n) is 1.86. The number of thiocarbonyl (C=S) groups is 1. The predicted octanol–water partition coefficient (Wildman–Crippen LogP) is 1.01. The fourth-order valence-electron chi connectivity index (χ4n) is 0.822. The molecule has 0 amide bonds. The number of rotatable bonds is 0. The molecule has 1 fully saturated rings. The third-order valence-corrected chi connectivity index (χ3v) is 2.25. The van der Waals surface area contributed by atoms with E-state index in [0.29, 0.717) is 11.2 Å². The first-order valence-electron chi connectivity index (χ1n) is 3.06. The first kappa shape index (κ1) is 6.81. The third kappa shape index (κ3) is 1.01. The van der Waals surface area contributed by atoms with Crippen molar-refractivity contribution < 1.29 is 4.74 Å². The largest absolute Gasteiger partial charge is 0.466 e. The van der Waals surface area contributed by atoms with Crippen molar-refractivity contribution in [1.82, 2.24) is 4.90 Å². The van der Waals surface area contributed by atoms with Crippen LogP contribution in [0.1, 0.15) is 13.8 Å². The van der Waals surface area contributed by atoms with Gasteiger partial charge in [0.05, 0.1) is 6.04 Å². The van der Waals surface area contributed by atoms with Gasteiger partial charge >= 0.3 is 0 Å². The molecule has 0 aliphatic carbocycles. The van der Waals surface area contributed by atoms with Crippen LogP contribution in [0.15, 0.2) is 0 Å². The van der Waals surface area contributed by atoms with Gasteiger partial charge in [-0.1, -0.05) is 0 Å². The molecule has 0 aromatic rings. The predicted molar refractivity (Wildman–Crippen MR) is 40.4 cm³/mol. The fourth-order valence-corrected chi connectivity index (χ4v) is 1.14. The van der Waals surface area contributed by atoms with Crippen LogP contribution in [0, 0.1) is 0 Å². The summed E-state index contributed by atoms with van der Waals surface area (Å²) in [7, 11) is 1.95. The fraction of sp³-hybridized carbons (Fsp3) is 0.833. The summed E-state index contributed by atoms with van der Waals surface area (Å²) in [5.41, 5.74) is 0. The molecule has 0 radical (unpaired) electrons. The summed E-state index contributed by atoms with van der Waals surface area (Å²) in [6.07, 6.45) is 0.252. The van der Waals surface area contributed by atoms with Crippen LogP contribution in [-0.2, 0) is 4.74 Å². The van der Waals surface area contributed by atoms with Crippen molar-refractivity contribution in [2.24, 2.45) is 0 Å². The Hall–Kier alpha value is -0.310. The van der Waals surface area contributed by atoms with Gasteiger partial charge in [0.15, 0.2) is 0 Å². The maximum Gasteiger partial charge on any atom is 0.259 e. The minimum atomic E-state index is 0.252. The lowest BCUT2D eigenvalue weighted by molar-refractivity contribution is 0.222. The van der Waals surface area contributed by atoms with Gasteiger partial charge in [-0.25, -0.2) is 0 Å². The molecule has 0 aromatic carbocycles. The van der Waals surface area contributed by atoms with E-state index in [1.54, 1.807) is 0 Å². The van der Waals surface area contributed by atoms with Gasteiger partial charge in [0.1, 0.15) is 6.10 Å². The topological polar surface area (TPSA) is 12.5 Å². The quantitative estimate of drug-likeness (QED) is 0.472. The minimum absolute atomic E-state index is 0.252. The van der Waals surface area contributed by atoms with Crippen molar-refractivity contribution >= 4 is 17.4 Å². The zero-order chi connectivity index (χ0) is 7.02. The average Bonchev–Trinajstić information content (AvgIpc) is 1.98. The molecule has 1 aliphatic rings. The van der Waals surface area contributed by atoms with Crippen molar-refractivity contribution in [3.8, 4) is 0 Å². The maximum absolute atomic E-state index is 5.24. The zero-order valence-electron chi connectivity index (χ0n) is 5.92. The smallest absolute Gasteiger partial charge is 0.259 e. The standard InChI is InChI=1S/C6H11NOS/c1-4-5(2)8-6(9)7(4)3/h4-5H,1-3H3. The summed E-state index contributed by atoms with van der Waals surface area (Å²) in [5.74, 6) is 0. The lowest BCUT2D eigenvalue weighted by Crippen LogP contribution is -2.28. The molecule has 1 saturated heterocycles. The number of hydrogen-bond donors (Lipinski definition) is 0. The average molecular weight is 145 g/mol. The van der Waals surface area contributed by atoms with Crippen LogP contribution in [0.4, 0.5) is 0 Å². The highest BCUT2D eigenvalue weighted by Crippen LogP contribution is 2.15. The molecular formula is C6H11NOS. The van der Waals surface area contributed by atoms with Crippen molar-refractivity contribution in [1.29, 1.82) is 0 Å². The number of hydrogen-bond acceptors (Lipinski definition) is 2. The lowest BCUT2D eigenvalue weighted by Gasteiger charge is -2.13. The molecular weight excluding hydrogens is 134 g/mol. The van der Waals surface area contributed by atoms with Crippen molar-refractivity contribution in [3.63, 3.8) is 0 Å². The van der Waals surface area contributed by atoms with Gasteiger partial charge in [-0.05, 0) is 26.1 Å². The SMILES string of the molecule is CC1OC(=S)N(C)C1C. The summed E-state index contributed by atoms with van der Waals surface area (Å²) in [4.78, 5) is 1.97. The van der Waals surface area contributed by atoms with E-state index in [2.05, 4.69) is 6.92 Å². The Morgan fingerprint density at radius 1 is 1.56 bits per heavy atom. The monoisotopic (exact) mass is 145 g/mol. The van der Waals surface area contributed by atoms with E-state index in [-0.39, 0.29) is 6.10 Å². The molecule has 1 heterocycles. The number of likely N-dealkylation sites (N-methyl/N-ethyl adjacent to an activating group) is 1. The van der Waals surface area contributed by atoms with Gasteiger partial charge < -0.3 is 9.64 Å². The molecule has 3 heteroatoms. The van der Waals surface area contributed by atoms with Crippen LogP contribution < -0.4 is 0 Å². The van der Waals surface area contributed by atoms with Crippen LogP contribution in [-0.4, -0.2) is 29.3 Å². The Morgan fingerprint density at radius 3 is 2.22 bits per heavy atom. The van der Waals surface area contributed by atoms with Crippen molar-refractivity contribution in [3.05, 3.63) is 0 Å². The van der Waals surface area contributed by atoms with Crippen LogP contribution in [0.2, 0.25) is 0 Å². The summed E-state index contributed by atoms with van der Waals surface area (Å²) in [6, 6.07) is 0.428. The minimum Gasteiger partial charge on any atom is -0.466 e. The molecule has 0 bridgehead atoms. The van der Waals surface area contributed by atoms with Crippen LogP contribution in [0.3, 0.4) is 0 Å². The summed E-state index contributed by atoms with van der Waals surface area (Å²) in [6.45, 7) is 4.13. The second kappa shape index (κ2) is 2.14. The highest BCUT2D eigenvalue weighted by atomic mass is 32.1. The Morgan fingerprint density at radius 2 is 2.11 bits per heavy atom. The normalized spacial score (nSPS) is 35.0. The molecule has 1 aliphatic heterocycles. The highest BCUT2D eigenvalue weighted by molar-refractivity contribution is 7.80. The van der Waals surface area contributed by atoms with E-state index in [0.717, 1.165) is 0 Å². The molecule has 2 nitrogen and oxygen atoms in total. The molecule has 2 unspecified atom stereocenters. The first-order chi connectivity index (χ1) is 4.13. The lowest BCUT2D eigenvalue weighted by atomic mass is 10.2. The van der Waals surface area contributed by atoms with E-state index in [1.807, 2.05) is 18.9 Å². The van der Waals surface area contributed by atoms with Crippen molar-refractivity contribution in [2.45, 2.75) is 26.0 Å². The maximum atomic E-state index is 5.24. The summed E-state index contributed by atoms with van der Waals surface area (Å²) < 4.78 is 5.24. The van der Waals surface area contributed by atoms with Gasteiger partial charge in [-0.15, -0.1) is 0 Å². The van der Waals surface area contributed by atoms with Crippen LogP contribution in [0.25, 0.3) is 0 Å². The second-order valence-electron chi connectivity index (χ2n) is 2.44. The van der Waals surface area contributed by atoms with Crippen molar-refractivity contribution in [2.75, 3.05) is 7.05 Å². The molecule has 0 aromatic heterocycles. The summed E-state index contributed by atoms with van der Waals surface area (Å²) >= 11 is 4.90. The molecule has 52 valence electrons. The molecule has 9 heavy (non-hydrogen) atoms. The first-order valence-corrected chi connectivity index (χ1v) is 3.47. The van der Waals surface area contributed by atoms with Gasteiger partial charge in [0, 0.05) is 7.05 Å². The Bertz CT molecular complexity index is 137. The van der Waals surface area contributed by atoms with Gasteiger partial charge in [-0.3, -0.25) is 0 Å². The molecule has 0 spiro atoms.